The number of aliphatic imine (C=N–C) groups is 1. The zero-order valence-electron chi connectivity index (χ0n) is 18.4. The summed E-state index contributed by atoms with van der Waals surface area (Å²) in [6, 6.07) is 10.4. The van der Waals surface area contributed by atoms with E-state index in [1.54, 1.807) is 0 Å². The number of hydrogen-bond donors (Lipinski definition) is 3. The number of nitrogens with zero attached hydrogens (tertiary/aromatic N) is 1. The number of nitrogens with one attached hydrogen (secondary N) is 1. The Bertz CT molecular complexity index is 971. The van der Waals surface area contributed by atoms with Crippen LogP contribution in [0.5, 0.6) is 0 Å². The molecule has 30 heavy (non-hydrogen) atoms. The summed E-state index contributed by atoms with van der Waals surface area (Å²) in [6.45, 7) is 8.93. The maximum absolute atomic E-state index is 6.39. The van der Waals surface area contributed by atoms with Crippen molar-refractivity contribution in [3.63, 3.8) is 0 Å². The average Bonchev–Trinajstić information content (AvgIpc) is 2.90. The number of ether oxygens (including phenoxy) is 1. The number of rotatable bonds is 5. The van der Waals surface area contributed by atoms with Crippen molar-refractivity contribution in [1.82, 2.24) is 5.32 Å². The number of nitrogens with two attached hydrogens (primary N) is 2. The third kappa shape index (κ3) is 5.03. The zero-order chi connectivity index (χ0) is 21.7. The second kappa shape index (κ2) is 9.53. The first-order valence-corrected chi connectivity index (χ1v) is 10.5. The molecule has 5 nitrogen and oxygen atoms in total. The molecule has 5 N–H and O–H groups in total. The standard InChI is InChI=1S/C25H32N4O/c1-5-30-21-11-7-10-20(12-13-21)28-25(27)29-24-18(4)14-19(15-22(24)26)23-16(2)8-6-9-17(23)3/h6,8-9,12-15H,5,7,10-11,26H2,1-4H3,(H3,27,28,29). The lowest BCUT2D eigenvalue weighted by Gasteiger charge is -2.14. The number of anilines is 1. The molecule has 0 bridgehead atoms. The van der Waals surface area contributed by atoms with E-state index in [1.807, 2.05) is 32.1 Å². The highest BCUT2D eigenvalue weighted by Crippen LogP contribution is 2.35. The number of aryl methyl sites for hydroxylation is 3. The van der Waals surface area contributed by atoms with E-state index < -0.39 is 0 Å². The largest absolute Gasteiger partial charge is 0.498 e. The molecule has 0 radical (unpaired) electrons. The van der Waals surface area contributed by atoms with E-state index in [-0.39, 0.29) is 0 Å². The molecule has 5 heteroatoms. The summed E-state index contributed by atoms with van der Waals surface area (Å²) in [7, 11) is 0. The monoisotopic (exact) mass is 404 g/mol. The fourth-order valence-electron chi connectivity index (χ4n) is 3.91. The molecule has 0 saturated heterocycles. The maximum atomic E-state index is 6.39. The SMILES string of the molecule is CCOC1=CC=C(NC(N)=Nc2c(C)cc(-c3c(C)cccc3C)cc2N)CCC1. The molecule has 0 unspecified atom stereocenters. The molecule has 0 saturated carbocycles. The van der Waals surface area contributed by atoms with Crippen molar-refractivity contribution in [1.29, 1.82) is 0 Å². The predicted octanol–water partition coefficient (Wildman–Crippen LogP) is 5.39. The summed E-state index contributed by atoms with van der Waals surface area (Å²) in [4.78, 5) is 4.58. The smallest absolute Gasteiger partial charge is 0.198 e. The van der Waals surface area contributed by atoms with E-state index in [0.717, 1.165) is 41.8 Å². The van der Waals surface area contributed by atoms with Gasteiger partial charge in [-0.15, -0.1) is 0 Å². The molecule has 1 aliphatic carbocycles. The van der Waals surface area contributed by atoms with Crippen LogP contribution in [0.15, 0.2) is 58.9 Å². The van der Waals surface area contributed by atoms with Crippen LogP contribution >= 0.6 is 0 Å². The van der Waals surface area contributed by atoms with Gasteiger partial charge >= 0.3 is 0 Å². The van der Waals surface area contributed by atoms with Crippen molar-refractivity contribution >= 4 is 17.3 Å². The van der Waals surface area contributed by atoms with Crippen molar-refractivity contribution in [3.8, 4) is 11.1 Å². The third-order valence-electron chi connectivity index (χ3n) is 5.29. The van der Waals surface area contributed by atoms with E-state index in [4.69, 9.17) is 16.2 Å². The molecule has 0 atom stereocenters. The van der Waals surface area contributed by atoms with Gasteiger partial charge in [-0.25, -0.2) is 4.99 Å². The highest BCUT2D eigenvalue weighted by atomic mass is 16.5. The van der Waals surface area contributed by atoms with Crippen molar-refractivity contribution in [3.05, 3.63) is 70.6 Å². The normalized spacial score (nSPS) is 14.6. The van der Waals surface area contributed by atoms with Crippen LogP contribution in [0.3, 0.4) is 0 Å². The first kappa shape index (κ1) is 21.5. The van der Waals surface area contributed by atoms with Crippen LogP contribution in [0.1, 0.15) is 42.9 Å². The summed E-state index contributed by atoms with van der Waals surface area (Å²) in [6.07, 6.45) is 6.84. The van der Waals surface area contributed by atoms with Gasteiger partial charge in [0, 0.05) is 12.1 Å². The van der Waals surface area contributed by atoms with Gasteiger partial charge in [-0.3, -0.25) is 0 Å². The fourth-order valence-corrected chi connectivity index (χ4v) is 3.91. The maximum Gasteiger partial charge on any atom is 0.198 e. The Morgan fingerprint density at radius 1 is 1.07 bits per heavy atom. The van der Waals surface area contributed by atoms with E-state index >= 15 is 0 Å². The highest BCUT2D eigenvalue weighted by Gasteiger charge is 2.12. The zero-order valence-corrected chi connectivity index (χ0v) is 18.4. The molecule has 0 amide bonds. The van der Waals surface area contributed by atoms with Gasteiger partial charge in [-0.05, 0) is 92.6 Å². The van der Waals surface area contributed by atoms with Crippen LogP contribution in [-0.4, -0.2) is 12.6 Å². The topological polar surface area (TPSA) is 85.7 Å². The molecule has 2 aromatic carbocycles. The lowest BCUT2D eigenvalue weighted by molar-refractivity contribution is 0.217. The molecular formula is C25H32N4O. The summed E-state index contributed by atoms with van der Waals surface area (Å²) in [5.74, 6) is 1.34. The van der Waals surface area contributed by atoms with Crippen molar-refractivity contribution in [2.24, 2.45) is 10.7 Å². The molecule has 0 aliphatic heterocycles. The molecule has 158 valence electrons. The van der Waals surface area contributed by atoms with Crippen LogP contribution in [0.4, 0.5) is 11.4 Å². The number of allylic oxidation sites excluding steroid dienone is 4. The van der Waals surface area contributed by atoms with Crippen LogP contribution in [0.25, 0.3) is 11.1 Å². The van der Waals surface area contributed by atoms with Crippen molar-refractivity contribution in [2.45, 2.75) is 47.0 Å². The summed E-state index contributed by atoms with van der Waals surface area (Å²) < 4.78 is 5.62. The van der Waals surface area contributed by atoms with E-state index in [9.17, 15) is 0 Å². The molecule has 0 fully saturated rings. The molecule has 1 aliphatic rings. The minimum absolute atomic E-state index is 0.337. The number of guanidine groups is 1. The van der Waals surface area contributed by atoms with Gasteiger partial charge in [0.25, 0.3) is 0 Å². The summed E-state index contributed by atoms with van der Waals surface area (Å²) >= 11 is 0. The highest BCUT2D eigenvalue weighted by molar-refractivity contribution is 5.87. The lowest BCUT2D eigenvalue weighted by Crippen LogP contribution is -2.30. The summed E-state index contributed by atoms with van der Waals surface area (Å²) in [5, 5.41) is 3.22. The van der Waals surface area contributed by atoms with Gasteiger partial charge < -0.3 is 21.5 Å². The number of hydrogen-bond acceptors (Lipinski definition) is 3. The van der Waals surface area contributed by atoms with Crippen molar-refractivity contribution < 1.29 is 4.74 Å². The quantitative estimate of drug-likeness (QED) is 0.354. The first-order chi connectivity index (χ1) is 14.4. The average molecular weight is 405 g/mol. The van der Waals surface area contributed by atoms with Crippen LogP contribution in [-0.2, 0) is 4.74 Å². The Hall–Kier alpha value is -3.21. The van der Waals surface area contributed by atoms with Gasteiger partial charge in [0.15, 0.2) is 5.96 Å². The molecule has 0 spiro atoms. The fraction of sp³-hybridized carbons (Fsp3) is 0.320. The van der Waals surface area contributed by atoms with Gasteiger partial charge in [0.05, 0.1) is 23.7 Å². The minimum atomic E-state index is 0.337. The molecule has 0 heterocycles. The Morgan fingerprint density at radius 2 is 1.80 bits per heavy atom. The summed E-state index contributed by atoms with van der Waals surface area (Å²) in [5.41, 5.74) is 20.7. The third-order valence-corrected chi connectivity index (χ3v) is 5.29. The second-order valence-corrected chi connectivity index (χ2v) is 7.73. The predicted molar refractivity (Wildman–Crippen MR) is 127 cm³/mol. The number of benzene rings is 2. The Kier molecular flexibility index (Phi) is 6.83. The van der Waals surface area contributed by atoms with Crippen LogP contribution < -0.4 is 16.8 Å². The van der Waals surface area contributed by atoms with Gasteiger partial charge in [-0.2, -0.15) is 0 Å². The Morgan fingerprint density at radius 3 is 2.47 bits per heavy atom. The lowest BCUT2D eigenvalue weighted by atomic mass is 9.94. The molecule has 2 aromatic rings. The van der Waals surface area contributed by atoms with E-state index in [1.165, 1.54) is 16.7 Å². The van der Waals surface area contributed by atoms with Gasteiger partial charge in [0.2, 0.25) is 0 Å². The van der Waals surface area contributed by atoms with Gasteiger partial charge in [-0.1, -0.05) is 18.2 Å². The van der Waals surface area contributed by atoms with Crippen LogP contribution in [0, 0.1) is 20.8 Å². The minimum Gasteiger partial charge on any atom is -0.498 e. The van der Waals surface area contributed by atoms with E-state index in [2.05, 4.69) is 48.4 Å². The van der Waals surface area contributed by atoms with Crippen molar-refractivity contribution in [2.75, 3.05) is 12.3 Å². The number of nitrogen functional groups attached to an aromatic ring is 1. The Labute approximate surface area is 179 Å². The molecule has 0 aromatic heterocycles. The second-order valence-electron chi connectivity index (χ2n) is 7.73. The first-order valence-electron chi connectivity index (χ1n) is 10.5. The van der Waals surface area contributed by atoms with Crippen LogP contribution in [0.2, 0.25) is 0 Å². The van der Waals surface area contributed by atoms with Gasteiger partial charge in [0.1, 0.15) is 0 Å². The van der Waals surface area contributed by atoms with E-state index in [0.29, 0.717) is 23.9 Å². The molecule has 3 rings (SSSR count). The molecular weight excluding hydrogens is 372 g/mol. The Balaban J connectivity index is 1.85.